The molecule has 1 aromatic heterocycles. The number of rotatable bonds is 4. The molecule has 0 saturated carbocycles. The van der Waals surface area contributed by atoms with Crippen molar-refractivity contribution >= 4 is 29.3 Å². The lowest BCUT2D eigenvalue weighted by Crippen LogP contribution is -2.49. The van der Waals surface area contributed by atoms with Crippen molar-refractivity contribution in [2.24, 2.45) is 5.92 Å². The topological polar surface area (TPSA) is 71.4 Å². The number of anilines is 1. The number of carbonyl (C=O) groups excluding carboxylic acids is 2. The molecule has 1 saturated heterocycles. The van der Waals surface area contributed by atoms with Crippen molar-refractivity contribution in [2.45, 2.75) is 18.9 Å². The van der Waals surface area contributed by atoms with Crippen molar-refractivity contribution < 1.29 is 14.0 Å². The molecule has 2 atom stereocenters. The molecule has 152 valence electrons. The van der Waals surface area contributed by atoms with Gasteiger partial charge in [-0.2, -0.15) is 11.8 Å². The second-order valence-corrected chi connectivity index (χ2v) is 8.44. The maximum Gasteiger partial charge on any atom is 0.253 e. The number of benzene rings is 1. The number of hydrogen-bond donors (Lipinski definition) is 1. The summed E-state index contributed by atoms with van der Waals surface area (Å²) in [6, 6.07) is 8.70. The van der Waals surface area contributed by atoms with Gasteiger partial charge < -0.3 is 14.8 Å². The standard InChI is InChI=1S/C21H22FN3O3S/c1-29-12-18(26)23-17-6-7-19(27)25-10-13-8-15(20(17)25)11-24(9-13)21(28)14-2-4-16(22)5-3-14/h2-7,13,15H,8-12H2,1H3,(H,23,26). The highest BCUT2D eigenvalue weighted by Gasteiger charge is 2.38. The summed E-state index contributed by atoms with van der Waals surface area (Å²) in [5.41, 5.74) is 1.80. The average Bonchev–Trinajstić information content (AvgIpc) is 2.70. The molecule has 2 aliphatic heterocycles. The third-order valence-corrected chi connectivity index (χ3v) is 6.07. The van der Waals surface area contributed by atoms with Crippen LogP contribution in [0.5, 0.6) is 0 Å². The van der Waals surface area contributed by atoms with E-state index in [0.29, 0.717) is 36.6 Å². The maximum absolute atomic E-state index is 13.2. The third-order valence-electron chi connectivity index (χ3n) is 5.52. The second-order valence-electron chi connectivity index (χ2n) is 7.58. The first-order chi connectivity index (χ1) is 14.0. The number of pyridine rings is 1. The molecule has 2 amide bonds. The molecule has 2 aliphatic rings. The van der Waals surface area contributed by atoms with E-state index < -0.39 is 0 Å². The minimum atomic E-state index is -0.379. The van der Waals surface area contributed by atoms with Crippen LogP contribution in [0.2, 0.25) is 0 Å². The molecular formula is C21H22FN3O3S. The van der Waals surface area contributed by atoms with Gasteiger partial charge in [0.2, 0.25) is 5.91 Å². The Morgan fingerprint density at radius 2 is 1.90 bits per heavy atom. The zero-order valence-corrected chi connectivity index (χ0v) is 16.9. The Morgan fingerprint density at radius 3 is 2.62 bits per heavy atom. The van der Waals surface area contributed by atoms with Crippen molar-refractivity contribution in [2.75, 3.05) is 30.4 Å². The molecule has 6 nitrogen and oxygen atoms in total. The molecule has 1 fully saturated rings. The van der Waals surface area contributed by atoms with Crippen LogP contribution >= 0.6 is 11.8 Å². The van der Waals surface area contributed by atoms with Gasteiger partial charge >= 0.3 is 0 Å². The molecule has 1 N–H and O–H groups in total. The van der Waals surface area contributed by atoms with Crippen molar-refractivity contribution in [1.82, 2.24) is 9.47 Å². The molecule has 29 heavy (non-hydrogen) atoms. The highest BCUT2D eigenvalue weighted by Crippen LogP contribution is 2.38. The van der Waals surface area contributed by atoms with E-state index >= 15 is 0 Å². The molecule has 0 radical (unpaired) electrons. The summed E-state index contributed by atoms with van der Waals surface area (Å²) in [6.45, 7) is 1.54. The van der Waals surface area contributed by atoms with E-state index in [0.717, 1.165) is 12.1 Å². The zero-order chi connectivity index (χ0) is 20.5. The Balaban J connectivity index is 1.63. The monoisotopic (exact) mass is 415 g/mol. The number of fused-ring (bicyclic) bond motifs is 4. The molecule has 1 aromatic carbocycles. The lowest BCUT2D eigenvalue weighted by Gasteiger charge is -2.43. The number of thioether (sulfide) groups is 1. The smallest absolute Gasteiger partial charge is 0.253 e. The van der Waals surface area contributed by atoms with Gasteiger partial charge in [-0.15, -0.1) is 0 Å². The fourth-order valence-corrected chi connectivity index (χ4v) is 4.71. The van der Waals surface area contributed by atoms with E-state index in [1.165, 1.54) is 42.1 Å². The summed E-state index contributed by atoms with van der Waals surface area (Å²) in [6.07, 6.45) is 2.72. The number of aromatic nitrogens is 1. The quantitative estimate of drug-likeness (QED) is 0.833. The maximum atomic E-state index is 13.2. The van der Waals surface area contributed by atoms with Crippen molar-refractivity contribution in [3.8, 4) is 0 Å². The Kier molecular flexibility index (Phi) is 5.45. The number of halogens is 1. The molecule has 3 heterocycles. The minimum Gasteiger partial charge on any atom is -0.338 e. The van der Waals surface area contributed by atoms with E-state index in [2.05, 4.69) is 5.32 Å². The Hall–Kier alpha value is -2.61. The van der Waals surface area contributed by atoms with Gasteiger partial charge in [-0.05, 0) is 48.9 Å². The van der Waals surface area contributed by atoms with Gasteiger partial charge in [0, 0.05) is 42.9 Å². The number of nitrogens with zero attached hydrogens (tertiary/aromatic N) is 2. The predicted octanol–water partition coefficient (Wildman–Crippen LogP) is 2.55. The van der Waals surface area contributed by atoms with Gasteiger partial charge in [-0.25, -0.2) is 4.39 Å². The van der Waals surface area contributed by atoms with Gasteiger partial charge in [0.25, 0.3) is 11.5 Å². The molecule has 4 rings (SSSR count). The Morgan fingerprint density at radius 1 is 1.14 bits per heavy atom. The van der Waals surface area contributed by atoms with Crippen LogP contribution < -0.4 is 10.9 Å². The molecule has 2 bridgehead atoms. The van der Waals surface area contributed by atoms with Gasteiger partial charge in [-0.1, -0.05) is 0 Å². The second kappa shape index (κ2) is 8.02. The lowest BCUT2D eigenvalue weighted by molar-refractivity contribution is -0.113. The first-order valence-electron chi connectivity index (χ1n) is 9.53. The van der Waals surface area contributed by atoms with Crippen LogP contribution in [0, 0.1) is 11.7 Å². The summed E-state index contributed by atoms with van der Waals surface area (Å²) in [4.78, 5) is 39.3. The first-order valence-corrected chi connectivity index (χ1v) is 10.9. The molecule has 0 spiro atoms. The van der Waals surface area contributed by atoms with Crippen LogP contribution in [0.1, 0.15) is 28.4 Å². The van der Waals surface area contributed by atoms with Crippen molar-refractivity contribution in [1.29, 1.82) is 0 Å². The average molecular weight is 415 g/mol. The van der Waals surface area contributed by atoms with Gasteiger partial charge in [0.15, 0.2) is 0 Å². The van der Waals surface area contributed by atoms with E-state index in [1.54, 1.807) is 15.5 Å². The fourth-order valence-electron chi connectivity index (χ4n) is 4.38. The first kappa shape index (κ1) is 19.7. The van der Waals surface area contributed by atoms with Crippen LogP contribution in [-0.2, 0) is 11.3 Å². The normalized spacial score (nSPS) is 20.1. The SMILES string of the molecule is CSCC(=O)Nc1ccc(=O)n2c1C1CC(CN(C(=O)c3ccc(F)cc3)C1)C2. The highest BCUT2D eigenvalue weighted by atomic mass is 32.2. The zero-order valence-electron chi connectivity index (χ0n) is 16.1. The summed E-state index contributed by atoms with van der Waals surface area (Å²) in [5, 5.41) is 2.92. The van der Waals surface area contributed by atoms with Crippen LogP contribution in [-0.4, -0.2) is 46.4 Å². The number of hydrogen-bond acceptors (Lipinski definition) is 4. The summed E-state index contributed by atoms with van der Waals surface area (Å²) >= 11 is 1.43. The molecule has 2 aromatic rings. The van der Waals surface area contributed by atoms with Crippen LogP contribution in [0.15, 0.2) is 41.2 Å². The van der Waals surface area contributed by atoms with E-state index in [-0.39, 0.29) is 35.0 Å². The Bertz CT molecular complexity index is 1010. The summed E-state index contributed by atoms with van der Waals surface area (Å²) in [5.74, 6) is -0.168. The fraction of sp³-hybridized carbons (Fsp3) is 0.381. The largest absolute Gasteiger partial charge is 0.338 e. The number of nitrogens with one attached hydrogen (secondary N) is 1. The number of amides is 2. The van der Waals surface area contributed by atoms with Crippen LogP contribution in [0.25, 0.3) is 0 Å². The number of carbonyl (C=O) groups is 2. The van der Waals surface area contributed by atoms with E-state index in [4.69, 9.17) is 0 Å². The van der Waals surface area contributed by atoms with Gasteiger partial charge in [0.05, 0.1) is 11.4 Å². The number of piperidine rings is 1. The van der Waals surface area contributed by atoms with Gasteiger partial charge in [0.1, 0.15) is 5.82 Å². The van der Waals surface area contributed by atoms with E-state index in [1.807, 2.05) is 6.26 Å². The molecule has 2 unspecified atom stereocenters. The number of likely N-dealkylation sites (tertiary alicyclic amines) is 1. The molecule has 0 aliphatic carbocycles. The molecular weight excluding hydrogens is 393 g/mol. The summed E-state index contributed by atoms with van der Waals surface area (Å²) in [7, 11) is 0. The lowest BCUT2D eigenvalue weighted by atomic mass is 9.82. The molecule has 8 heteroatoms. The van der Waals surface area contributed by atoms with Crippen molar-refractivity contribution in [3.05, 3.63) is 63.8 Å². The predicted molar refractivity (Wildman–Crippen MR) is 111 cm³/mol. The van der Waals surface area contributed by atoms with E-state index in [9.17, 15) is 18.8 Å². The van der Waals surface area contributed by atoms with Crippen molar-refractivity contribution in [3.63, 3.8) is 0 Å². The Labute approximate surface area is 172 Å². The van der Waals surface area contributed by atoms with Gasteiger partial charge in [-0.3, -0.25) is 14.4 Å². The third kappa shape index (κ3) is 3.94. The minimum absolute atomic E-state index is 0.0367. The highest BCUT2D eigenvalue weighted by molar-refractivity contribution is 7.99. The summed E-state index contributed by atoms with van der Waals surface area (Å²) < 4.78 is 14.9. The van der Waals surface area contributed by atoms with Crippen LogP contribution in [0.4, 0.5) is 10.1 Å². The van der Waals surface area contributed by atoms with Crippen LogP contribution in [0.3, 0.4) is 0 Å².